The van der Waals surface area contributed by atoms with Gasteiger partial charge in [0, 0.05) is 17.6 Å². The third-order valence-electron chi connectivity index (χ3n) is 5.36. The molecule has 0 spiro atoms. The minimum atomic E-state index is -0.190. The molecule has 162 valence electrons. The van der Waals surface area contributed by atoms with E-state index in [4.69, 9.17) is 4.74 Å². The fourth-order valence-electron chi connectivity index (χ4n) is 3.79. The van der Waals surface area contributed by atoms with Gasteiger partial charge in [0.15, 0.2) is 0 Å². The van der Waals surface area contributed by atoms with Gasteiger partial charge in [0.1, 0.15) is 5.75 Å². The van der Waals surface area contributed by atoms with Crippen LogP contribution in [0.2, 0.25) is 0 Å². The summed E-state index contributed by atoms with van der Waals surface area (Å²) in [6.45, 7) is 4.94. The normalized spacial score (nSPS) is 10.8. The number of aromatic amines is 1. The van der Waals surface area contributed by atoms with Crippen molar-refractivity contribution in [1.29, 1.82) is 0 Å². The van der Waals surface area contributed by atoms with E-state index < -0.39 is 0 Å². The first-order valence-corrected chi connectivity index (χ1v) is 10.7. The van der Waals surface area contributed by atoms with Crippen molar-refractivity contribution in [2.45, 2.75) is 26.9 Å². The first kappa shape index (κ1) is 21.4. The quantitative estimate of drug-likeness (QED) is 0.448. The van der Waals surface area contributed by atoms with E-state index in [0.29, 0.717) is 30.0 Å². The third kappa shape index (κ3) is 4.72. The second-order valence-corrected chi connectivity index (χ2v) is 7.79. The van der Waals surface area contributed by atoms with Crippen LogP contribution >= 0.6 is 0 Å². The number of hydrogen-bond acceptors (Lipinski definition) is 3. The number of hydrogen-bond donors (Lipinski definition) is 1. The Labute approximate surface area is 187 Å². The topological polar surface area (TPSA) is 62.4 Å². The molecule has 32 heavy (non-hydrogen) atoms. The van der Waals surface area contributed by atoms with E-state index in [1.807, 2.05) is 80.6 Å². The van der Waals surface area contributed by atoms with Crippen molar-refractivity contribution in [2.75, 3.05) is 6.61 Å². The number of pyridine rings is 1. The predicted octanol–water partition coefficient (Wildman–Crippen LogP) is 5.08. The zero-order chi connectivity index (χ0) is 22.5. The molecule has 0 saturated carbocycles. The lowest BCUT2D eigenvalue weighted by Crippen LogP contribution is -2.32. The number of nitrogens with one attached hydrogen (secondary N) is 1. The van der Waals surface area contributed by atoms with Crippen LogP contribution in [0.25, 0.3) is 10.9 Å². The molecule has 0 unspecified atom stereocenters. The van der Waals surface area contributed by atoms with Crippen LogP contribution in [-0.4, -0.2) is 22.4 Å². The van der Waals surface area contributed by atoms with Crippen LogP contribution in [-0.2, 0) is 13.1 Å². The van der Waals surface area contributed by atoms with Crippen LogP contribution < -0.4 is 10.3 Å². The van der Waals surface area contributed by atoms with Crippen molar-refractivity contribution in [3.63, 3.8) is 0 Å². The van der Waals surface area contributed by atoms with Gasteiger partial charge in [-0.2, -0.15) is 0 Å². The zero-order valence-electron chi connectivity index (χ0n) is 18.3. The molecule has 0 aliphatic rings. The molecule has 5 nitrogen and oxygen atoms in total. The summed E-state index contributed by atoms with van der Waals surface area (Å²) in [5, 5.41) is 0.946. The van der Waals surface area contributed by atoms with Gasteiger partial charge >= 0.3 is 0 Å². The summed E-state index contributed by atoms with van der Waals surface area (Å²) in [5.74, 6) is 0.364. The fraction of sp³-hybridized carbons (Fsp3) is 0.185. The molecule has 1 heterocycles. The molecule has 0 radical (unpaired) electrons. The predicted molar refractivity (Wildman–Crippen MR) is 127 cm³/mol. The smallest absolute Gasteiger partial charge is 0.258 e. The van der Waals surface area contributed by atoms with Gasteiger partial charge in [0.25, 0.3) is 11.5 Å². The number of aryl methyl sites for hydroxylation is 1. The number of rotatable bonds is 7. The Morgan fingerprint density at radius 1 is 0.938 bits per heavy atom. The Bertz CT molecular complexity index is 1300. The highest BCUT2D eigenvalue weighted by atomic mass is 16.5. The average molecular weight is 427 g/mol. The van der Waals surface area contributed by atoms with Crippen LogP contribution in [0.1, 0.15) is 34.0 Å². The van der Waals surface area contributed by atoms with Gasteiger partial charge in [-0.3, -0.25) is 9.59 Å². The molecule has 5 heteroatoms. The summed E-state index contributed by atoms with van der Waals surface area (Å²) in [5.41, 5.74) is 3.72. The van der Waals surface area contributed by atoms with Crippen molar-refractivity contribution < 1.29 is 9.53 Å². The molecule has 0 aliphatic heterocycles. The van der Waals surface area contributed by atoms with Gasteiger partial charge in [-0.25, -0.2) is 0 Å². The lowest BCUT2D eigenvalue weighted by Gasteiger charge is -2.24. The monoisotopic (exact) mass is 426 g/mol. The average Bonchev–Trinajstić information content (AvgIpc) is 2.80. The van der Waals surface area contributed by atoms with E-state index in [1.54, 1.807) is 17.0 Å². The molecule has 0 aliphatic carbocycles. The number of aromatic nitrogens is 1. The van der Waals surface area contributed by atoms with Crippen molar-refractivity contribution in [3.8, 4) is 5.75 Å². The summed E-state index contributed by atoms with van der Waals surface area (Å²) in [6, 6.07) is 24.8. The van der Waals surface area contributed by atoms with Gasteiger partial charge < -0.3 is 14.6 Å². The summed E-state index contributed by atoms with van der Waals surface area (Å²) < 4.78 is 5.69. The Hall–Kier alpha value is -3.86. The van der Waals surface area contributed by atoms with Crippen LogP contribution in [0.5, 0.6) is 5.75 Å². The molecule has 0 atom stereocenters. The number of carbonyl (C=O) groups excluding carboxylic acids is 1. The maximum atomic E-state index is 13.6. The lowest BCUT2D eigenvalue weighted by molar-refractivity contribution is 0.0725. The lowest BCUT2D eigenvalue weighted by atomic mass is 10.1. The number of ether oxygens (including phenoxy) is 1. The molecule has 1 amide bonds. The maximum Gasteiger partial charge on any atom is 0.258 e. The number of amides is 1. The van der Waals surface area contributed by atoms with Crippen molar-refractivity contribution in [3.05, 3.63) is 111 Å². The Morgan fingerprint density at radius 2 is 1.69 bits per heavy atom. The second kappa shape index (κ2) is 9.52. The minimum absolute atomic E-state index is 0.179. The van der Waals surface area contributed by atoms with Crippen molar-refractivity contribution in [2.24, 2.45) is 0 Å². The molecule has 4 rings (SSSR count). The molecule has 4 aromatic rings. The van der Waals surface area contributed by atoms with Gasteiger partial charge in [-0.05, 0) is 55.1 Å². The molecular weight excluding hydrogens is 400 g/mol. The number of para-hydroxylation sites is 1. The highest BCUT2D eigenvalue weighted by Gasteiger charge is 2.21. The number of benzene rings is 3. The van der Waals surface area contributed by atoms with Crippen LogP contribution in [0.15, 0.2) is 83.7 Å². The standard InChI is InChI=1S/C27H26N2O3/c1-3-32-25-12-8-7-11-23(25)27(31)29(17-20-9-5-4-6-10-20)18-22-16-21-15-19(2)13-14-24(21)28-26(22)30/h4-16H,3,17-18H2,1-2H3,(H,28,30). The van der Waals surface area contributed by atoms with Gasteiger partial charge in [-0.1, -0.05) is 54.1 Å². The fourth-order valence-corrected chi connectivity index (χ4v) is 3.79. The molecular formula is C27H26N2O3. The number of H-pyrrole nitrogens is 1. The summed E-state index contributed by atoms with van der Waals surface area (Å²) in [4.78, 5) is 31.1. The maximum absolute atomic E-state index is 13.6. The Balaban J connectivity index is 1.73. The van der Waals surface area contributed by atoms with Gasteiger partial charge in [0.2, 0.25) is 0 Å². The second-order valence-electron chi connectivity index (χ2n) is 7.79. The Morgan fingerprint density at radius 3 is 2.47 bits per heavy atom. The third-order valence-corrected chi connectivity index (χ3v) is 5.36. The van der Waals surface area contributed by atoms with Crippen molar-refractivity contribution in [1.82, 2.24) is 9.88 Å². The van der Waals surface area contributed by atoms with Gasteiger partial charge in [-0.15, -0.1) is 0 Å². The first-order valence-electron chi connectivity index (χ1n) is 10.7. The van der Waals surface area contributed by atoms with Crippen LogP contribution in [0.4, 0.5) is 0 Å². The van der Waals surface area contributed by atoms with Gasteiger partial charge in [0.05, 0.1) is 18.7 Å². The molecule has 0 saturated heterocycles. The zero-order valence-corrected chi connectivity index (χ0v) is 18.3. The number of nitrogens with zero attached hydrogens (tertiary/aromatic N) is 1. The highest BCUT2D eigenvalue weighted by molar-refractivity contribution is 5.97. The number of carbonyl (C=O) groups is 1. The molecule has 0 bridgehead atoms. The first-order chi connectivity index (χ1) is 15.5. The largest absolute Gasteiger partial charge is 0.493 e. The highest BCUT2D eigenvalue weighted by Crippen LogP contribution is 2.23. The number of fused-ring (bicyclic) bond motifs is 1. The van der Waals surface area contributed by atoms with E-state index in [1.165, 1.54) is 0 Å². The Kier molecular flexibility index (Phi) is 6.36. The van der Waals surface area contributed by atoms with E-state index in [0.717, 1.165) is 22.0 Å². The summed E-state index contributed by atoms with van der Waals surface area (Å²) in [6.07, 6.45) is 0. The molecule has 0 fully saturated rings. The van der Waals surface area contributed by atoms with E-state index in [9.17, 15) is 9.59 Å². The van der Waals surface area contributed by atoms with Crippen LogP contribution in [0, 0.1) is 6.92 Å². The van der Waals surface area contributed by atoms with E-state index in [-0.39, 0.29) is 18.0 Å². The molecule has 3 aromatic carbocycles. The molecule has 1 N–H and O–H groups in total. The summed E-state index contributed by atoms with van der Waals surface area (Å²) >= 11 is 0. The van der Waals surface area contributed by atoms with Crippen molar-refractivity contribution >= 4 is 16.8 Å². The summed E-state index contributed by atoms with van der Waals surface area (Å²) in [7, 11) is 0. The van der Waals surface area contributed by atoms with E-state index in [2.05, 4.69) is 4.98 Å². The SMILES string of the molecule is CCOc1ccccc1C(=O)N(Cc1ccccc1)Cc1cc2cc(C)ccc2[nH]c1=O. The van der Waals surface area contributed by atoms with E-state index >= 15 is 0 Å². The molecule has 1 aromatic heterocycles. The minimum Gasteiger partial charge on any atom is -0.493 e. The van der Waals surface area contributed by atoms with Crippen LogP contribution in [0.3, 0.4) is 0 Å².